The maximum absolute atomic E-state index is 5.40. The molecule has 0 aliphatic carbocycles. The number of nitrogens with zero attached hydrogens (tertiary/aromatic N) is 5. The summed E-state index contributed by atoms with van der Waals surface area (Å²) in [5.41, 5.74) is 0. The van der Waals surface area contributed by atoms with Crippen LogP contribution in [0.2, 0.25) is 0 Å². The van der Waals surface area contributed by atoms with E-state index in [2.05, 4.69) is 32.0 Å². The smallest absolute Gasteiger partial charge is 0.191 e. The molecule has 10 heteroatoms. The standard InChI is InChI=1S/C17H33N7OS.HI/c1-15-21-22-16(23(15)2)14-20-17(18-6-4-5-13-26-3)19-7-8-24-9-11-25-12-10-24;/h4-14H2,1-3H3,(H2,18,19,20);1H. The molecule has 1 fully saturated rings. The van der Waals surface area contributed by atoms with Gasteiger partial charge in [-0.05, 0) is 31.8 Å². The summed E-state index contributed by atoms with van der Waals surface area (Å²) in [5, 5.41) is 15.2. The van der Waals surface area contributed by atoms with Crippen LogP contribution in [0.3, 0.4) is 0 Å². The van der Waals surface area contributed by atoms with Crippen LogP contribution in [0.25, 0.3) is 0 Å². The van der Waals surface area contributed by atoms with E-state index in [0.29, 0.717) is 6.54 Å². The van der Waals surface area contributed by atoms with E-state index in [1.807, 2.05) is 30.3 Å². The second-order valence-electron chi connectivity index (χ2n) is 6.39. The number of hydrogen-bond acceptors (Lipinski definition) is 6. The van der Waals surface area contributed by atoms with Gasteiger partial charge in [-0.2, -0.15) is 11.8 Å². The van der Waals surface area contributed by atoms with Crippen LogP contribution >= 0.6 is 35.7 Å². The molecule has 2 N–H and O–H groups in total. The Morgan fingerprint density at radius 2 is 1.93 bits per heavy atom. The van der Waals surface area contributed by atoms with Crippen molar-refractivity contribution in [2.75, 3.05) is 57.9 Å². The van der Waals surface area contributed by atoms with Gasteiger partial charge in [-0.25, -0.2) is 4.99 Å². The minimum atomic E-state index is 0. The van der Waals surface area contributed by atoms with Crippen molar-refractivity contribution in [2.24, 2.45) is 12.0 Å². The SMILES string of the molecule is CSCCCCNC(=NCc1nnc(C)n1C)NCCN1CCOCC1.I. The number of ether oxygens (including phenoxy) is 1. The van der Waals surface area contributed by atoms with E-state index in [0.717, 1.165) is 70.0 Å². The number of aryl methyl sites for hydroxylation is 1. The first kappa shape index (κ1) is 24.4. The highest BCUT2D eigenvalue weighted by molar-refractivity contribution is 14.0. The van der Waals surface area contributed by atoms with Crippen molar-refractivity contribution < 1.29 is 4.74 Å². The lowest BCUT2D eigenvalue weighted by molar-refractivity contribution is 0.0389. The molecule has 27 heavy (non-hydrogen) atoms. The molecule has 0 amide bonds. The van der Waals surface area contributed by atoms with Gasteiger partial charge in [-0.15, -0.1) is 34.2 Å². The zero-order chi connectivity index (χ0) is 18.6. The molecule has 1 aliphatic rings. The van der Waals surface area contributed by atoms with Crippen molar-refractivity contribution in [3.8, 4) is 0 Å². The average Bonchev–Trinajstić information content (AvgIpc) is 2.98. The number of unbranched alkanes of at least 4 members (excludes halogenated alkanes) is 1. The van der Waals surface area contributed by atoms with Crippen LogP contribution in [0.1, 0.15) is 24.5 Å². The van der Waals surface area contributed by atoms with Crippen LogP contribution in [0.4, 0.5) is 0 Å². The molecule has 0 unspecified atom stereocenters. The predicted molar refractivity (Wildman–Crippen MR) is 123 cm³/mol. The second kappa shape index (κ2) is 14.4. The lowest BCUT2D eigenvalue weighted by Gasteiger charge is -2.26. The molecule has 0 spiro atoms. The number of morpholine rings is 1. The Labute approximate surface area is 184 Å². The molecular weight excluding hydrogens is 477 g/mol. The van der Waals surface area contributed by atoms with Crippen LogP contribution in [0, 0.1) is 6.92 Å². The van der Waals surface area contributed by atoms with E-state index >= 15 is 0 Å². The maximum atomic E-state index is 5.40. The van der Waals surface area contributed by atoms with Crippen LogP contribution < -0.4 is 10.6 Å². The summed E-state index contributed by atoms with van der Waals surface area (Å²) in [7, 11) is 1.97. The summed E-state index contributed by atoms with van der Waals surface area (Å²) in [6.07, 6.45) is 4.52. The molecule has 156 valence electrons. The highest BCUT2D eigenvalue weighted by Gasteiger charge is 2.10. The molecule has 1 aliphatic heterocycles. The zero-order valence-corrected chi connectivity index (χ0v) is 19.9. The van der Waals surface area contributed by atoms with Crippen LogP contribution in [-0.2, 0) is 18.3 Å². The lowest BCUT2D eigenvalue weighted by Crippen LogP contribution is -2.44. The van der Waals surface area contributed by atoms with E-state index in [9.17, 15) is 0 Å². The molecule has 0 aromatic carbocycles. The van der Waals surface area contributed by atoms with Crippen molar-refractivity contribution in [1.82, 2.24) is 30.3 Å². The predicted octanol–water partition coefficient (Wildman–Crippen LogP) is 1.25. The monoisotopic (exact) mass is 511 g/mol. The molecular formula is C17H34IN7OS. The molecule has 1 saturated heterocycles. The normalized spacial score (nSPS) is 15.4. The molecule has 2 heterocycles. The molecule has 1 aromatic heterocycles. The van der Waals surface area contributed by atoms with Crippen molar-refractivity contribution >= 4 is 41.7 Å². The quantitative estimate of drug-likeness (QED) is 0.212. The van der Waals surface area contributed by atoms with Crippen molar-refractivity contribution in [2.45, 2.75) is 26.3 Å². The Morgan fingerprint density at radius 3 is 2.59 bits per heavy atom. The van der Waals surface area contributed by atoms with Crippen molar-refractivity contribution in [3.63, 3.8) is 0 Å². The van der Waals surface area contributed by atoms with Gasteiger partial charge in [-0.1, -0.05) is 0 Å². The Bertz CT molecular complexity index is 549. The third-order valence-corrected chi connectivity index (χ3v) is 5.15. The lowest BCUT2D eigenvalue weighted by atomic mass is 10.3. The largest absolute Gasteiger partial charge is 0.379 e. The van der Waals surface area contributed by atoms with E-state index in [1.165, 1.54) is 12.2 Å². The Hall–Kier alpha value is -0.590. The highest BCUT2D eigenvalue weighted by Crippen LogP contribution is 2.00. The van der Waals surface area contributed by atoms with Gasteiger partial charge in [0, 0.05) is 39.8 Å². The summed E-state index contributed by atoms with van der Waals surface area (Å²) in [6, 6.07) is 0. The van der Waals surface area contributed by atoms with Crippen LogP contribution in [-0.4, -0.2) is 83.6 Å². The molecule has 1 aromatic rings. The van der Waals surface area contributed by atoms with Gasteiger partial charge in [0.1, 0.15) is 12.4 Å². The average molecular weight is 511 g/mol. The van der Waals surface area contributed by atoms with Crippen LogP contribution in [0.5, 0.6) is 0 Å². The van der Waals surface area contributed by atoms with Gasteiger partial charge in [0.05, 0.1) is 13.2 Å². The third kappa shape index (κ3) is 9.44. The van der Waals surface area contributed by atoms with Gasteiger partial charge >= 0.3 is 0 Å². The Morgan fingerprint density at radius 1 is 1.19 bits per heavy atom. The number of nitrogens with one attached hydrogen (secondary N) is 2. The summed E-state index contributed by atoms with van der Waals surface area (Å²) in [4.78, 5) is 7.11. The number of guanidine groups is 1. The number of hydrogen-bond donors (Lipinski definition) is 2. The van der Waals surface area contributed by atoms with E-state index in [1.54, 1.807) is 0 Å². The molecule has 0 radical (unpaired) electrons. The van der Waals surface area contributed by atoms with E-state index in [4.69, 9.17) is 9.73 Å². The summed E-state index contributed by atoms with van der Waals surface area (Å²) < 4.78 is 7.38. The van der Waals surface area contributed by atoms with Gasteiger partial charge in [0.15, 0.2) is 11.8 Å². The van der Waals surface area contributed by atoms with Crippen LogP contribution in [0.15, 0.2) is 4.99 Å². The molecule has 0 bridgehead atoms. The first-order valence-corrected chi connectivity index (χ1v) is 10.8. The van der Waals surface area contributed by atoms with Gasteiger partial charge < -0.3 is 19.9 Å². The van der Waals surface area contributed by atoms with Gasteiger partial charge in [-0.3, -0.25) is 4.90 Å². The minimum absolute atomic E-state index is 0. The van der Waals surface area contributed by atoms with E-state index < -0.39 is 0 Å². The van der Waals surface area contributed by atoms with Crippen molar-refractivity contribution in [3.05, 3.63) is 11.6 Å². The minimum Gasteiger partial charge on any atom is -0.379 e. The topological polar surface area (TPSA) is 79.6 Å². The summed E-state index contributed by atoms with van der Waals surface area (Å²) in [6.45, 7) is 8.96. The Kier molecular flexibility index (Phi) is 13.1. The van der Waals surface area contributed by atoms with Gasteiger partial charge in [0.2, 0.25) is 0 Å². The summed E-state index contributed by atoms with van der Waals surface area (Å²) in [5.74, 6) is 3.83. The second-order valence-corrected chi connectivity index (χ2v) is 7.38. The van der Waals surface area contributed by atoms with E-state index in [-0.39, 0.29) is 24.0 Å². The fourth-order valence-electron chi connectivity index (χ4n) is 2.65. The fraction of sp³-hybridized carbons (Fsp3) is 0.824. The molecule has 0 atom stereocenters. The number of rotatable bonds is 10. The zero-order valence-electron chi connectivity index (χ0n) is 16.7. The van der Waals surface area contributed by atoms with Crippen molar-refractivity contribution in [1.29, 1.82) is 0 Å². The molecule has 8 nitrogen and oxygen atoms in total. The van der Waals surface area contributed by atoms with Gasteiger partial charge in [0.25, 0.3) is 0 Å². The first-order valence-electron chi connectivity index (χ1n) is 9.37. The number of halogens is 1. The molecule has 0 saturated carbocycles. The number of aliphatic imine (C=N–C) groups is 1. The highest BCUT2D eigenvalue weighted by atomic mass is 127. The first-order chi connectivity index (χ1) is 12.7. The molecule has 2 rings (SSSR count). The maximum Gasteiger partial charge on any atom is 0.191 e. The third-order valence-electron chi connectivity index (χ3n) is 4.45. The fourth-order valence-corrected chi connectivity index (χ4v) is 3.14. The number of thioether (sulfide) groups is 1. The Balaban J connectivity index is 0.00000364. The number of aromatic nitrogens is 3. The summed E-state index contributed by atoms with van der Waals surface area (Å²) >= 11 is 1.89.